The number of amides is 2. The van der Waals surface area contributed by atoms with E-state index >= 15 is 0 Å². The van der Waals surface area contributed by atoms with Crippen molar-refractivity contribution in [2.24, 2.45) is 11.8 Å². The molecule has 11 heteroatoms. The summed E-state index contributed by atoms with van der Waals surface area (Å²) in [6.07, 6.45) is 5.92. The van der Waals surface area contributed by atoms with Gasteiger partial charge in [-0.2, -0.15) is 0 Å². The fourth-order valence-corrected chi connectivity index (χ4v) is 4.10. The number of nitrogens with one attached hydrogen (secondary N) is 2. The maximum Gasteiger partial charge on any atom is 0.331 e. The van der Waals surface area contributed by atoms with Crippen LogP contribution >= 0.6 is 0 Å². The first-order chi connectivity index (χ1) is 20.1. The average Bonchev–Trinajstić information content (AvgIpc) is 2.97. The van der Waals surface area contributed by atoms with Crippen molar-refractivity contribution in [1.29, 1.82) is 0 Å². The standard InChI is InChI=1S/C31H44N2O9/c1-21-12-10-16-29(35)33-25(18-40-17-24-13-7-6-8-14-24)31(37)42-20-27(39-5)22(2)11-9-15-28(34)32-23(3)30(36)41-19-26(21)38-4/h6-14,21-23,25-27H,15-20H2,1-5H3,(H,32,34)(H,33,35)/b11-9+,12-10+/t21-,22-,23+,25+,26-,27-/m1/s1. The highest BCUT2D eigenvalue weighted by Crippen LogP contribution is 2.13. The maximum atomic E-state index is 13.0. The average molecular weight is 589 g/mol. The quantitative estimate of drug-likeness (QED) is 0.379. The number of methoxy groups -OCH3 is 2. The number of ether oxygens (including phenoxy) is 5. The molecule has 1 aromatic rings. The zero-order valence-electron chi connectivity index (χ0n) is 25.1. The van der Waals surface area contributed by atoms with Gasteiger partial charge in [0.15, 0.2) is 6.04 Å². The lowest BCUT2D eigenvalue weighted by atomic mass is 10.0. The molecule has 0 radical (unpaired) electrons. The Balaban J connectivity index is 2.17. The van der Waals surface area contributed by atoms with Crippen LogP contribution < -0.4 is 10.6 Å². The highest BCUT2D eigenvalue weighted by atomic mass is 16.6. The van der Waals surface area contributed by atoms with E-state index in [0.29, 0.717) is 0 Å². The smallest absolute Gasteiger partial charge is 0.331 e. The van der Waals surface area contributed by atoms with E-state index in [1.807, 2.05) is 44.2 Å². The van der Waals surface area contributed by atoms with Crippen LogP contribution in [0.25, 0.3) is 0 Å². The van der Waals surface area contributed by atoms with E-state index in [2.05, 4.69) is 10.6 Å². The summed E-state index contributed by atoms with van der Waals surface area (Å²) in [4.78, 5) is 50.6. The highest BCUT2D eigenvalue weighted by molar-refractivity contribution is 5.85. The molecule has 2 N–H and O–H groups in total. The Bertz CT molecular complexity index is 1060. The molecule has 0 aromatic heterocycles. The maximum absolute atomic E-state index is 13.0. The van der Waals surface area contributed by atoms with Crippen LogP contribution in [-0.4, -0.2) is 82.1 Å². The first-order valence-electron chi connectivity index (χ1n) is 14.1. The molecule has 11 nitrogen and oxygen atoms in total. The van der Waals surface area contributed by atoms with Gasteiger partial charge in [-0.05, 0) is 12.5 Å². The van der Waals surface area contributed by atoms with Crippen LogP contribution in [0.15, 0.2) is 54.6 Å². The molecule has 2 rings (SSSR count). The number of rotatable bonds is 6. The van der Waals surface area contributed by atoms with Crippen LogP contribution in [0, 0.1) is 11.8 Å². The highest BCUT2D eigenvalue weighted by Gasteiger charge is 2.26. The number of benzene rings is 1. The Morgan fingerprint density at radius 1 is 0.762 bits per heavy atom. The van der Waals surface area contributed by atoms with Gasteiger partial charge in [0.2, 0.25) is 11.8 Å². The molecule has 0 unspecified atom stereocenters. The summed E-state index contributed by atoms with van der Waals surface area (Å²) in [6, 6.07) is 7.59. The van der Waals surface area contributed by atoms with E-state index in [1.165, 1.54) is 14.2 Å². The van der Waals surface area contributed by atoms with Gasteiger partial charge in [-0.15, -0.1) is 0 Å². The summed E-state index contributed by atoms with van der Waals surface area (Å²) in [5.41, 5.74) is 0.925. The SMILES string of the molecule is CO[C@@H]1COC(=O)[C@H](C)NC(=O)C/C=C/[C@@H](C)[C@H](OC)COC(=O)[C@H](COCc2ccccc2)NC(=O)C/C=C/[C@H]1C. The summed E-state index contributed by atoms with van der Waals surface area (Å²) >= 11 is 0. The molecule has 1 aromatic carbocycles. The Hall–Kier alpha value is -3.54. The minimum Gasteiger partial charge on any atom is -0.461 e. The second-order valence-electron chi connectivity index (χ2n) is 10.2. The summed E-state index contributed by atoms with van der Waals surface area (Å²) in [5, 5.41) is 5.32. The van der Waals surface area contributed by atoms with E-state index in [0.717, 1.165) is 5.56 Å². The number of esters is 2. The van der Waals surface area contributed by atoms with Gasteiger partial charge in [0, 0.05) is 38.9 Å². The summed E-state index contributed by atoms with van der Waals surface area (Å²) in [7, 11) is 2.99. The minimum atomic E-state index is -1.04. The van der Waals surface area contributed by atoms with Crippen molar-refractivity contribution in [2.45, 2.75) is 64.5 Å². The van der Waals surface area contributed by atoms with Crippen LogP contribution in [0.2, 0.25) is 0 Å². The Kier molecular flexibility index (Phi) is 15.5. The molecule has 0 saturated heterocycles. The zero-order chi connectivity index (χ0) is 30.9. The second kappa shape index (κ2) is 18.8. The van der Waals surface area contributed by atoms with Gasteiger partial charge in [-0.25, -0.2) is 9.59 Å². The van der Waals surface area contributed by atoms with E-state index in [1.54, 1.807) is 31.2 Å². The fraction of sp³-hybridized carbons (Fsp3) is 0.548. The van der Waals surface area contributed by atoms with Crippen LogP contribution in [0.5, 0.6) is 0 Å². The zero-order valence-corrected chi connectivity index (χ0v) is 25.1. The lowest BCUT2D eigenvalue weighted by molar-refractivity contribution is -0.154. The summed E-state index contributed by atoms with van der Waals surface area (Å²) in [6.45, 7) is 5.33. The van der Waals surface area contributed by atoms with Crippen molar-refractivity contribution < 1.29 is 42.9 Å². The third kappa shape index (κ3) is 12.5. The van der Waals surface area contributed by atoms with E-state index in [9.17, 15) is 19.2 Å². The lowest BCUT2D eigenvalue weighted by Gasteiger charge is -2.23. The molecule has 0 spiro atoms. The van der Waals surface area contributed by atoms with Crippen molar-refractivity contribution in [3.8, 4) is 0 Å². The monoisotopic (exact) mass is 588 g/mol. The first-order valence-corrected chi connectivity index (χ1v) is 14.1. The molecule has 0 saturated carbocycles. The van der Waals surface area contributed by atoms with Crippen LogP contribution in [0.1, 0.15) is 39.2 Å². The third-order valence-corrected chi connectivity index (χ3v) is 6.79. The summed E-state index contributed by atoms with van der Waals surface area (Å²) in [5.74, 6) is -2.39. The Labute approximate surface area is 247 Å². The molecule has 0 fully saturated rings. The van der Waals surface area contributed by atoms with Gasteiger partial charge in [-0.3, -0.25) is 9.59 Å². The Morgan fingerprint density at radius 3 is 1.83 bits per heavy atom. The predicted molar refractivity (Wildman–Crippen MR) is 155 cm³/mol. The molecule has 1 heterocycles. The molecule has 2 amide bonds. The molecular weight excluding hydrogens is 544 g/mol. The molecule has 0 aliphatic carbocycles. The minimum absolute atomic E-state index is 0.00534. The molecule has 1 aliphatic heterocycles. The van der Waals surface area contributed by atoms with Crippen LogP contribution in [0.4, 0.5) is 0 Å². The van der Waals surface area contributed by atoms with Crippen LogP contribution in [0.3, 0.4) is 0 Å². The first kappa shape index (κ1) is 34.7. The normalized spacial score (nSPS) is 29.1. The van der Waals surface area contributed by atoms with Crippen molar-refractivity contribution >= 4 is 23.8 Å². The number of carbonyl (C=O) groups excluding carboxylic acids is 4. The van der Waals surface area contributed by atoms with Crippen molar-refractivity contribution in [3.63, 3.8) is 0 Å². The summed E-state index contributed by atoms with van der Waals surface area (Å²) < 4.78 is 27.6. The molecule has 1 aliphatic rings. The van der Waals surface area contributed by atoms with Gasteiger partial charge in [0.25, 0.3) is 0 Å². The van der Waals surface area contributed by atoms with Gasteiger partial charge in [0.05, 0.1) is 25.4 Å². The van der Waals surface area contributed by atoms with Crippen LogP contribution in [-0.2, 0) is 49.5 Å². The van der Waals surface area contributed by atoms with Crippen molar-refractivity contribution in [2.75, 3.05) is 34.0 Å². The van der Waals surface area contributed by atoms with Gasteiger partial charge < -0.3 is 34.3 Å². The number of carbonyl (C=O) groups is 4. The third-order valence-electron chi connectivity index (χ3n) is 6.79. The number of hydrogen-bond donors (Lipinski definition) is 2. The molecule has 42 heavy (non-hydrogen) atoms. The fourth-order valence-electron chi connectivity index (χ4n) is 4.10. The topological polar surface area (TPSA) is 138 Å². The lowest BCUT2D eigenvalue weighted by Crippen LogP contribution is -2.45. The second-order valence-corrected chi connectivity index (χ2v) is 10.2. The largest absolute Gasteiger partial charge is 0.461 e. The number of cyclic esters (lactones) is 2. The predicted octanol–water partition coefficient (Wildman–Crippen LogP) is 2.49. The van der Waals surface area contributed by atoms with Gasteiger partial charge in [-0.1, -0.05) is 68.5 Å². The van der Waals surface area contributed by atoms with Gasteiger partial charge >= 0.3 is 11.9 Å². The molecular formula is C31H44N2O9. The van der Waals surface area contributed by atoms with Crippen molar-refractivity contribution in [3.05, 3.63) is 60.2 Å². The molecule has 232 valence electrons. The molecule has 0 bridgehead atoms. The van der Waals surface area contributed by atoms with E-state index < -0.39 is 42.1 Å². The van der Waals surface area contributed by atoms with Crippen molar-refractivity contribution in [1.82, 2.24) is 10.6 Å². The van der Waals surface area contributed by atoms with E-state index in [-0.39, 0.29) is 57.0 Å². The van der Waals surface area contributed by atoms with Gasteiger partial charge in [0.1, 0.15) is 19.3 Å². The van der Waals surface area contributed by atoms with E-state index in [4.69, 9.17) is 23.7 Å². The number of hydrogen-bond acceptors (Lipinski definition) is 9. The molecule has 6 atom stereocenters. The Morgan fingerprint density at radius 2 is 1.29 bits per heavy atom.